The summed E-state index contributed by atoms with van der Waals surface area (Å²) in [7, 11) is 5.10. The lowest BCUT2D eigenvalue weighted by Crippen LogP contribution is -2.57. The Morgan fingerprint density at radius 2 is 2.13 bits per heavy atom. The van der Waals surface area contributed by atoms with Crippen LogP contribution in [0.2, 0.25) is 0 Å². The van der Waals surface area contributed by atoms with E-state index in [9.17, 15) is 23.3 Å². The minimum atomic E-state index is -4.52. The van der Waals surface area contributed by atoms with E-state index in [2.05, 4.69) is 5.32 Å². The second-order valence-electron chi connectivity index (χ2n) is 5.61. The average Bonchev–Trinajstić information content (AvgIpc) is 2.43. The van der Waals surface area contributed by atoms with Gasteiger partial charge in [-0.3, -0.25) is 10.1 Å². The molecule has 7 nitrogen and oxygen atoms in total. The topological polar surface area (TPSA) is 93.7 Å². The molecule has 0 amide bonds. The Kier molecular flexibility index (Phi) is 6.00. The number of nitrogens with one attached hydrogen (secondary N) is 1. The second kappa shape index (κ2) is 7.18. The summed E-state index contributed by atoms with van der Waals surface area (Å²) in [6.07, 6.45) is -1.82. The fourth-order valence-electron chi connectivity index (χ4n) is 2.31. The molecule has 1 aliphatic rings. The van der Waals surface area contributed by atoms with Crippen molar-refractivity contribution in [2.24, 2.45) is 5.73 Å². The molecule has 0 spiro atoms. The zero-order valence-corrected chi connectivity index (χ0v) is 13.2. The van der Waals surface area contributed by atoms with Crippen molar-refractivity contribution in [1.29, 1.82) is 0 Å². The van der Waals surface area contributed by atoms with Gasteiger partial charge in [-0.2, -0.15) is 13.2 Å². The van der Waals surface area contributed by atoms with Gasteiger partial charge in [0.05, 0.1) is 5.70 Å². The van der Waals surface area contributed by atoms with Gasteiger partial charge in [0.25, 0.3) is 6.04 Å². The summed E-state index contributed by atoms with van der Waals surface area (Å²) in [5.74, 6) is -0.200. The Labute approximate surface area is 132 Å². The number of nitro groups is 1. The maximum absolute atomic E-state index is 12.3. The molecule has 0 saturated heterocycles. The molecule has 1 rings (SSSR count). The maximum atomic E-state index is 12.3. The SMILES string of the molecule is CNC1(CCN(C)C)C=C(OCC(F)(F)F)C(N)=CC1[N+](=O)[O-]. The largest absolute Gasteiger partial charge is 0.482 e. The van der Waals surface area contributed by atoms with Crippen molar-refractivity contribution in [3.8, 4) is 0 Å². The molecule has 1 aliphatic carbocycles. The lowest BCUT2D eigenvalue weighted by molar-refractivity contribution is -0.519. The van der Waals surface area contributed by atoms with Gasteiger partial charge in [0.2, 0.25) is 0 Å². The number of halogens is 3. The van der Waals surface area contributed by atoms with Crippen LogP contribution >= 0.6 is 0 Å². The Bertz CT molecular complexity index is 505. The highest BCUT2D eigenvalue weighted by Gasteiger charge is 2.46. The van der Waals surface area contributed by atoms with E-state index >= 15 is 0 Å². The van der Waals surface area contributed by atoms with Gasteiger partial charge in [-0.05, 0) is 40.2 Å². The van der Waals surface area contributed by atoms with Gasteiger partial charge in [-0.25, -0.2) is 0 Å². The van der Waals surface area contributed by atoms with E-state index in [1.165, 1.54) is 13.1 Å². The highest BCUT2D eigenvalue weighted by molar-refractivity contribution is 5.36. The molecule has 0 radical (unpaired) electrons. The van der Waals surface area contributed by atoms with E-state index in [1.807, 2.05) is 4.90 Å². The normalized spacial score (nSPS) is 25.1. The molecule has 3 N–H and O–H groups in total. The molecule has 0 aromatic carbocycles. The zero-order chi connectivity index (χ0) is 17.8. The van der Waals surface area contributed by atoms with Crippen molar-refractivity contribution in [3.63, 3.8) is 0 Å². The first-order chi connectivity index (χ1) is 10.5. The van der Waals surface area contributed by atoms with E-state index in [1.54, 1.807) is 14.1 Å². The molecule has 0 aromatic heterocycles. The molecular weight excluding hydrogens is 317 g/mol. The van der Waals surface area contributed by atoms with E-state index in [4.69, 9.17) is 10.5 Å². The molecule has 0 bridgehead atoms. The van der Waals surface area contributed by atoms with E-state index in [0.717, 1.165) is 6.08 Å². The highest BCUT2D eigenvalue weighted by atomic mass is 19.4. The van der Waals surface area contributed by atoms with E-state index in [-0.39, 0.29) is 11.5 Å². The summed E-state index contributed by atoms with van der Waals surface area (Å²) in [6, 6.07) is -1.20. The number of hydrogen-bond acceptors (Lipinski definition) is 6. The number of hydrogen-bond donors (Lipinski definition) is 2. The summed E-state index contributed by atoms with van der Waals surface area (Å²) in [4.78, 5) is 12.6. The monoisotopic (exact) mass is 338 g/mol. The molecule has 23 heavy (non-hydrogen) atoms. The van der Waals surface area contributed by atoms with Gasteiger partial charge >= 0.3 is 6.18 Å². The van der Waals surface area contributed by atoms with Crippen molar-refractivity contribution in [2.45, 2.75) is 24.2 Å². The summed E-state index contributed by atoms with van der Waals surface area (Å²) in [6.45, 7) is -1.02. The van der Waals surface area contributed by atoms with E-state index in [0.29, 0.717) is 13.0 Å². The molecule has 0 fully saturated rings. The lowest BCUT2D eigenvalue weighted by Gasteiger charge is -2.36. The molecule has 0 heterocycles. The first kappa shape index (κ1) is 19.2. The van der Waals surface area contributed by atoms with Gasteiger partial charge in [-0.15, -0.1) is 0 Å². The summed E-state index contributed by atoms with van der Waals surface area (Å²) in [5.41, 5.74) is 4.27. The number of likely N-dealkylation sites (N-methyl/N-ethyl adjacent to an activating group) is 1. The third-order valence-corrected chi connectivity index (χ3v) is 3.59. The fraction of sp³-hybridized carbons (Fsp3) is 0.692. The van der Waals surface area contributed by atoms with Crippen LogP contribution in [-0.4, -0.2) is 61.9 Å². The van der Waals surface area contributed by atoms with Crippen LogP contribution in [0.15, 0.2) is 23.6 Å². The number of ether oxygens (including phenoxy) is 1. The van der Waals surface area contributed by atoms with Crippen LogP contribution in [0.5, 0.6) is 0 Å². The minimum Gasteiger partial charge on any atom is -0.482 e. The first-order valence-electron chi connectivity index (χ1n) is 6.88. The van der Waals surface area contributed by atoms with Gasteiger partial charge in [-0.1, -0.05) is 0 Å². The van der Waals surface area contributed by atoms with Gasteiger partial charge in [0.1, 0.15) is 11.3 Å². The van der Waals surface area contributed by atoms with Crippen molar-refractivity contribution in [3.05, 3.63) is 33.7 Å². The highest BCUT2D eigenvalue weighted by Crippen LogP contribution is 2.31. The number of alkyl halides is 3. The molecular formula is C13H21F3N4O3. The Morgan fingerprint density at radius 1 is 1.52 bits per heavy atom. The summed E-state index contributed by atoms with van der Waals surface area (Å²) < 4.78 is 41.7. The van der Waals surface area contributed by atoms with Crippen molar-refractivity contribution >= 4 is 0 Å². The summed E-state index contributed by atoms with van der Waals surface area (Å²) >= 11 is 0. The molecule has 132 valence electrons. The molecule has 2 unspecified atom stereocenters. The van der Waals surface area contributed by atoms with Crippen molar-refractivity contribution in [2.75, 3.05) is 34.3 Å². The van der Waals surface area contributed by atoms with Crippen LogP contribution in [0.3, 0.4) is 0 Å². The Morgan fingerprint density at radius 3 is 2.57 bits per heavy atom. The van der Waals surface area contributed by atoms with Gasteiger partial charge in [0, 0.05) is 11.0 Å². The Hall–Kier alpha value is -1.81. The van der Waals surface area contributed by atoms with Gasteiger partial charge in [0.15, 0.2) is 6.61 Å². The van der Waals surface area contributed by atoms with Crippen LogP contribution in [-0.2, 0) is 4.74 Å². The zero-order valence-electron chi connectivity index (χ0n) is 13.2. The van der Waals surface area contributed by atoms with Crippen molar-refractivity contribution < 1.29 is 22.8 Å². The van der Waals surface area contributed by atoms with Crippen LogP contribution < -0.4 is 11.1 Å². The van der Waals surface area contributed by atoms with Crippen LogP contribution in [0, 0.1) is 10.1 Å². The third-order valence-electron chi connectivity index (χ3n) is 3.59. The molecule has 0 aromatic rings. The summed E-state index contributed by atoms with van der Waals surface area (Å²) in [5, 5.41) is 14.2. The fourth-order valence-corrected chi connectivity index (χ4v) is 2.31. The molecule has 0 saturated carbocycles. The average molecular weight is 338 g/mol. The third kappa shape index (κ3) is 5.10. The number of nitrogens with two attached hydrogens (primary N) is 1. The minimum absolute atomic E-state index is 0.174. The van der Waals surface area contributed by atoms with Crippen LogP contribution in [0.1, 0.15) is 6.42 Å². The Balaban J connectivity index is 3.13. The predicted octanol–water partition coefficient (Wildman–Crippen LogP) is 0.861. The molecule has 10 heteroatoms. The standard InChI is InChI=1S/C13H21F3N4O3/c1-18-12(4-5-19(2)3)7-10(23-8-13(14,15)16)9(17)6-11(12)20(21)22/h6-7,11,18H,4-5,8,17H2,1-3H3. The quantitative estimate of drug-likeness (QED) is 0.528. The lowest BCUT2D eigenvalue weighted by atomic mass is 9.82. The smallest absolute Gasteiger partial charge is 0.422 e. The van der Waals surface area contributed by atoms with Gasteiger partial charge < -0.3 is 20.7 Å². The van der Waals surface area contributed by atoms with E-state index < -0.39 is 29.3 Å². The predicted molar refractivity (Wildman–Crippen MR) is 78.1 cm³/mol. The van der Waals surface area contributed by atoms with Crippen molar-refractivity contribution in [1.82, 2.24) is 10.2 Å². The van der Waals surface area contributed by atoms with Crippen LogP contribution in [0.4, 0.5) is 13.2 Å². The molecule has 0 aliphatic heterocycles. The first-order valence-corrected chi connectivity index (χ1v) is 6.88. The second-order valence-corrected chi connectivity index (χ2v) is 5.61. The molecule has 2 atom stereocenters. The number of rotatable bonds is 7. The number of nitrogens with zero attached hydrogens (tertiary/aromatic N) is 2. The van der Waals surface area contributed by atoms with Crippen LogP contribution in [0.25, 0.3) is 0 Å². The maximum Gasteiger partial charge on any atom is 0.422 e.